The van der Waals surface area contributed by atoms with Crippen LogP contribution in [0.2, 0.25) is 0 Å². The van der Waals surface area contributed by atoms with Crippen LogP contribution in [0.4, 0.5) is 11.4 Å². The number of ketones is 2. The van der Waals surface area contributed by atoms with Crippen molar-refractivity contribution >= 4 is 58.7 Å². The number of aryl methyl sites for hydroxylation is 1. The second-order valence-corrected chi connectivity index (χ2v) is 12.0. The first-order valence-corrected chi connectivity index (χ1v) is 16.4. The monoisotopic (exact) mass is 776 g/mol. The molecule has 10 N–H and O–H groups in total. The molecule has 0 amide bonds. The first kappa shape index (κ1) is 44.3. The molecule has 288 valence electrons. The highest BCUT2D eigenvalue weighted by molar-refractivity contribution is 6.33. The van der Waals surface area contributed by atoms with Crippen LogP contribution < -0.4 is 26.7 Å². The topological polar surface area (TPSA) is 234 Å². The van der Waals surface area contributed by atoms with Crippen molar-refractivity contribution in [1.29, 1.82) is 0 Å². The van der Waals surface area contributed by atoms with E-state index in [-0.39, 0.29) is 99.7 Å². The van der Waals surface area contributed by atoms with Gasteiger partial charge in [-0.2, -0.15) is 0 Å². The highest BCUT2D eigenvalue weighted by atomic mass is 35.5. The van der Waals surface area contributed by atoms with Gasteiger partial charge in [0.25, 0.3) is 0 Å². The molecule has 0 unspecified atom stereocenters. The summed E-state index contributed by atoms with van der Waals surface area (Å²) in [6.45, 7) is 8.30. The van der Waals surface area contributed by atoms with E-state index in [4.69, 9.17) is 14.6 Å². The predicted octanol–water partition coefficient (Wildman–Crippen LogP) is 3.73. The van der Waals surface area contributed by atoms with Gasteiger partial charge in [-0.05, 0) is 51.5 Å². The van der Waals surface area contributed by atoms with Gasteiger partial charge in [-0.15, -0.1) is 24.8 Å². The molecule has 1 aromatic heterocycles. The molecule has 0 fully saturated rings. The lowest BCUT2D eigenvalue weighted by Crippen LogP contribution is -2.28. The summed E-state index contributed by atoms with van der Waals surface area (Å²) in [5.41, 5.74) is 1.97. The van der Waals surface area contributed by atoms with Crippen LogP contribution in [0.1, 0.15) is 57.0 Å². The fraction of sp³-hybridized carbons (Fsp3) is 0.324. The van der Waals surface area contributed by atoms with Crippen molar-refractivity contribution in [3.8, 4) is 23.0 Å². The van der Waals surface area contributed by atoms with E-state index in [2.05, 4.69) is 21.3 Å². The molecule has 4 aromatic rings. The standard InChI is InChI=1S/C22H28N4O6.C15H16O4.2ClH/c27-11-9-23-5-7-25-13-1-2-14(26-8-6-24-10-12-28)18-17(13)21(31)19-15(29)3-4-16(30)20(19)22(18)32;1-8(2)4-5-10-11(16)7-13-14(15(10)18)12(17)6-9(3)19-13;;/h1-4,23-30H,5-12H2;4,6-7,16,18H,5H2,1-3H3;2*1H. The molecule has 0 radical (unpaired) electrons. The molecule has 0 saturated heterocycles. The zero-order valence-electron chi connectivity index (χ0n) is 29.5. The number of aliphatic hydroxyl groups excluding tert-OH is 2. The number of benzene rings is 3. The third kappa shape index (κ3) is 10.4. The number of aliphatic hydroxyl groups is 2. The van der Waals surface area contributed by atoms with Crippen LogP contribution in [0.3, 0.4) is 0 Å². The van der Waals surface area contributed by atoms with Gasteiger partial charge in [-0.1, -0.05) is 11.6 Å². The van der Waals surface area contributed by atoms with Crippen molar-refractivity contribution in [2.24, 2.45) is 0 Å². The van der Waals surface area contributed by atoms with Crippen molar-refractivity contribution in [2.45, 2.75) is 27.2 Å². The Kier molecular flexibility index (Phi) is 17.1. The van der Waals surface area contributed by atoms with Crippen molar-refractivity contribution in [2.75, 3.05) is 63.1 Å². The van der Waals surface area contributed by atoms with Gasteiger partial charge in [0, 0.05) is 68.3 Å². The molecule has 14 nitrogen and oxygen atoms in total. The number of aromatic hydroxyl groups is 4. The average molecular weight is 778 g/mol. The summed E-state index contributed by atoms with van der Waals surface area (Å²) in [6, 6.07) is 8.44. The second kappa shape index (κ2) is 20.4. The number of carbonyl (C=O) groups excluding carboxylic acids is 2. The Morgan fingerprint density at radius 1 is 0.679 bits per heavy atom. The molecule has 1 heterocycles. The molecule has 0 aliphatic heterocycles. The summed E-state index contributed by atoms with van der Waals surface area (Å²) in [5, 5.41) is 70.8. The van der Waals surface area contributed by atoms with Gasteiger partial charge < -0.3 is 56.3 Å². The number of hydrogen-bond acceptors (Lipinski definition) is 14. The normalized spacial score (nSPS) is 11.3. The van der Waals surface area contributed by atoms with Crippen molar-refractivity contribution in [1.82, 2.24) is 10.6 Å². The Morgan fingerprint density at radius 3 is 1.62 bits per heavy atom. The minimum atomic E-state index is -0.559. The third-order valence-corrected chi connectivity index (χ3v) is 8.00. The van der Waals surface area contributed by atoms with Crippen molar-refractivity contribution in [3.63, 3.8) is 0 Å². The fourth-order valence-corrected chi connectivity index (χ4v) is 5.60. The SMILES string of the molecule is CC(C)=CCc1c(O)cc2oc(C)cc(=O)c2c1O.Cl.Cl.O=C1c2c(O)ccc(O)c2C(=O)c2c(NCCNCCO)ccc(NCCNCCO)c21. The Hall–Kier alpha value is -4.83. The first-order chi connectivity index (χ1) is 24.4. The number of phenolic OH excluding ortho intramolecular Hbond substituents is 4. The second-order valence-electron chi connectivity index (χ2n) is 12.0. The number of nitrogens with one attached hydrogen (secondary N) is 4. The molecular formula is C37H46Cl2N4O10. The van der Waals surface area contributed by atoms with E-state index in [1.165, 1.54) is 24.3 Å². The predicted molar refractivity (Wildman–Crippen MR) is 208 cm³/mol. The molecule has 3 aromatic carbocycles. The Morgan fingerprint density at radius 2 is 1.17 bits per heavy atom. The average Bonchev–Trinajstić information content (AvgIpc) is 3.07. The zero-order chi connectivity index (χ0) is 37.2. The lowest BCUT2D eigenvalue weighted by atomic mass is 9.81. The zero-order valence-corrected chi connectivity index (χ0v) is 31.2. The van der Waals surface area contributed by atoms with Gasteiger partial charge in [0.05, 0.1) is 35.5 Å². The van der Waals surface area contributed by atoms with Gasteiger partial charge >= 0.3 is 0 Å². The lowest BCUT2D eigenvalue weighted by molar-refractivity contribution is 0.0975. The molecule has 0 saturated carbocycles. The quantitative estimate of drug-likeness (QED) is 0.0440. The Bertz CT molecular complexity index is 1930. The molecule has 5 rings (SSSR count). The van der Waals surface area contributed by atoms with Crippen LogP contribution in [0.15, 0.2) is 57.3 Å². The van der Waals surface area contributed by atoms with E-state index in [9.17, 15) is 34.8 Å². The van der Waals surface area contributed by atoms with E-state index in [1.807, 2.05) is 19.9 Å². The summed E-state index contributed by atoms with van der Waals surface area (Å²) in [5.74, 6) is -1.70. The summed E-state index contributed by atoms with van der Waals surface area (Å²) in [4.78, 5) is 38.6. The highest BCUT2D eigenvalue weighted by Gasteiger charge is 2.38. The van der Waals surface area contributed by atoms with Crippen LogP contribution in [0, 0.1) is 6.92 Å². The smallest absolute Gasteiger partial charge is 0.200 e. The minimum Gasteiger partial charge on any atom is -0.507 e. The Balaban J connectivity index is 0.000000397. The number of phenols is 4. The third-order valence-electron chi connectivity index (χ3n) is 8.00. The van der Waals surface area contributed by atoms with Crippen LogP contribution in [-0.2, 0) is 6.42 Å². The maximum Gasteiger partial charge on any atom is 0.200 e. The molecule has 1 aliphatic rings. The van der Waals surface area contributed by atoms with E-state index in [0.717, 1.165) is 5.57 Å². The van der Waals surface area contributed by atoms with Crippen LogP contribution in [0.25, 0.3) is 11.0 Å². The number of fused-ring (bicyclic) bond motifs is 3. The Labute approximate surface area is 318 Å². The van der Waals surface area contributed by atoms with Gasteiger partial charge in [-0.3, -0.25) is 14.4 Å². The number of allylic oxidation sites excluding steroid dienone is 2. The summed E-state index contributed by atoms with van der Waals surface area (Å²) in [7, 11) is 0. The molecule has 0 atom stereocenters. The van der Waals surface area contributed by atoms with Gasteiger partial charge in [0.2, 0.25) is 11.6 Å². The van der Waals surface area contributed by atoms with Crippen LogP contribution in [-0.4, -0.2) is 94.7 Å². The van der Waals surface area contributed by atoms with E-state index >= 15 is 0 Å². The highest BCUT2D eigenvalue weighted by Crippen LogP contribution is 2.42. The fourth-order valence-electron chi connectivity index (χ4n) is 5.60. The molecule has 16 heteroatoms. The molecule has 1 aliphatic carbocycles. The number of hydrogen-bond donors (Lipinski definition) is 10. The summed E-state index contributed by atoms with van der Waals surface area (Å²) < 4.78 is 5.35. The van der Waals surface area contributed by atoms with Gasteiger partial charge in [-0.25, -0.2) is 0 Å². The first-order valence-electron chi connectivity index (χ1n) is 16.4. The summed E-state index contributed by atoms with van der Waals surface area (Å²) >= 11 is 0. The number of anilines is 2. The van der Waals surface area contributed by atoms with E-state index in [0.29, 0.717) is 68.4 Å². The molecular weight excluding hydrogens is 731 g/mol. The van der Waals surface area contributed by atoms with Gasteiger partial charge in [0.1, 0.15) is 39.7 Å². The lowest BCUT2D eigenvalue weighted by Gasteiger charge is -2.25. The van der Waals surface area contributed by atoms with E-state index < -0.39 is 11.6 Å². The van der Waals surface area contributed by atoms with Crippen LogP contribution in [0.5, 0.6) is 23.0 Å². The number of rotatable bonds is 14. The number of carbonyl (C=O) groups is 2. The minimum absolute atomic E-state index is 0. The largest absolute Gasteiger partial charge is 0.507 e. The summed E-state index contributed by atoms with van der Waals surface area (Å²) in [6.07, 6.45) is 2.24. The number of halogens is 2. The van der Waals surface area contributed by atoms with Crippen molar-refractivity contribution < 1.29 is 44.6 Å². The molecule has 0 bridgehead atoms. The molecule has 53 heavy (non-hydrogen) atoms. The maximum absolute atomic E-state index is 13.4. The maximum atomic E-state index is 13.4. The van der Waals surface area contributed by atoms with E-state index in [1.54, 1.807) is 19.1 Å². The molecule has 0 spiro atoms. The van der Waals surface area contributed by atoms with Gasteiger partial charge in [0.15, 0.2) is 5.43 Å². The van der Waals surface area contributed by atoms with Crippen LogP contribution >= 0.6 is 24.8 Å². The van der Waals surface area contributed by atoms with Crippen molar-refractivity contribution in [3.05, 3.63) is 91.8 Å².